The molecule has 0 saturated carbocycles. The van der Waals surface area contributed by atoms with E-state index in [1.807, 2.05) is 24.3 Å². The first-order valence-electron chi connectivity index (χ1n) is 10.6. The Hall–Kier alpha value is -3.79. The fraction of sp³-hybridized carbons (Fsp3) is 0.348. The van der Waals surface area contributed by atoms with E-state index in [2.05, 4.69) is 37.3 Å². The Morgan fingerprint density at radius 3 is 2.06 bits per heavy atom. The highest BCUT2D eigenvalue weighted by atomic mass is 16.5. The minimum absolute atomic E-state index is 0.160. The molecule has 0 amide bonds. The number of nitrogens with one attached hydrogen (secondary N) is 2. The zero-order valence-corrected chi connectivity index (χ0v) is 19.2. The number of likely N-dealkylation sites (N-methyl/N-ethyl adjacent to an activating group) is 1. The Kier molecular flexibility index (Phi) is 6.64. The van der Waals surface area contributed by atoms with E-state index < -0.39 is 0 Å². The first kappa shape index (κ1) is 22.4. The number of hydrogen-bond acceptors (Lipinski definition) is 8. The fourth-order valence-electron chi connectivity index (χ4n) is 3.78. The molecule has 1 aliphatic heterocycles. The average Bonchev–Trinajstić information content (AvgIpc) is 3.22. The summed E-state index contributed by atoms with van der Waals surface area (Å²) in [6, 6.07) is 11.3. The van der Waals surface area contributed by atoms with Crippen molar-refractivity contribution in [2.24, 2.45) is 10.2 Å². The molecule has 0 bridgehead atoms. The number of aromatic nitrogens is 2. The standard InChI is InChI=1S/C23H28N6O4/c1-28-9-11-29(12-10-28)17-7-5-16(6-8-17)24-26-21-20(25-27-23(21)30)15-13-18(31-2)22(33-4)19(14-15)32-3/h5-8,13-14H,9-12H2,1-4H3,(H2,25,27,30). The zero-order valence-electron chi connectivity index (χ0n) is 19.2. The molecular weight excluding hydrogens is 424 g/mol. The lowest BCUT2D eigenvalue weighted by Gasteiger charge is -2.34. The van der Waals surface area contributed by atoms with Crippen LogP contribution < -0.4 is 24.7 Å². The maximum Gasteiger partial charge on any atom is 0.292 e. The number of nitrogens with zero attached hydrogens (tertiary/aromatic N) is 4. The van der Waals surface area contributed by atoms with Gasteiger partial charge in [0.2, 0.25) is 5.75 Å². The summed E-state index contributed by atoms with van der Waals surface area (Å²) < 4.78 is 16.2. The molecule has 0 aliphatic carbocycles. The third-order valence-electron chi connectivity index (χ3n) is 5.69. The van der Waals surface area contributed by atoms with Crippen LogP contribution in [0.2, 0.25) is 0 Å². The number of piperazine rings is 1. The third-order valence-corrected chi connectivity index (χ3v) is 5.69. The summed E-state index contributed by atoms with van der Waals surface area (Å²) in [7, 11) is 6.74. The van der Waals surface area contributed by atoms with E-state index in [4.69, 9.17) is 14.2 Å². The molecule has 0 atom stereocenters. The Labute approximate surface area is 191 Å². The van der Waals surface area contributed by atoms with Crippen molar-refractivity contribution in [2.75, 3.05) is 59.5 Å². The molecule has 2 aromatic carbocycles. The van der Waals surface area contributed by atoms with Crippen LogP contribution in [0.4, 0.5) is 17.1 Å². The summed E-state index contributed by atoms with van der Waals surface area (Å²) in [6.45, 7) is 4.07. The lowest BCUT2D eigenvalue weighted by molar-refractivity contribution is 0.313. The molecule has 0 unspecified atom stereocenters. The summed E-state index contributed by atoms with van der Waals surface area (Å²) in [5, 5.41) is 14.0. The molecule has 2 N–H and O–H groups in total. The quantitative estimate of drug-likeness (QED) is 0.531. The van der Waals surface area contributed by atoms with Gasteiger partial charge in [-0.05, 0) is 43.4 Å². The van der Waals surface area contributed by atoms with Crippen molar-refractivity contribution in [1.82, 2.24) is 15.1 Å². The Balaban J connectivity index is 1.60. The molecule has 10 nitrogen and oxygen atoms in total. The predicted octanol–water partition coefficient (Wildman–Crippen LogP) is 3.56. The van der Waals surface area contributed by atoms with Crippen LogP contribution in [0.15, 0.2) is 51.4 Å². The van der Waals surface area contributed by atoms with Crippen molar-refractivity contribution in [2.45, 2.75) is 0 Å². The van der Waals surface area contributed by atoms with E-state index in [1.54, 1.807) is 12.1 Å². The van der Waals surface area contributed by atoms with Crippen LogP contribution in [0.25, 0.3) is 11.3 Å². The number of ether oxygens (including phenoxy) is 3. The molecule has 0 radical (unpaired) electrons. The third kappa shape index (κ3) is 4.70. The van der Waals surface area contributed by atoms with Crippen molar-refractivity contribution in [3.8, 4) is 28.5 Å². The van der Waals surface area contributed by atoms with Gasteiger partial charge in [0.1, 0.15) is 0 Å². The van der Waals surface area contributed by atoms with Gasteiger partial charge in [0.25, 0.3) is 5.56 Å². The monoisotopic (exact) mass is 452 g/mol. The van der Waals surface area contributed by atoms with E-state index in [0.717, 1.165) is 31.9 Å². The summed E-state index contributed by atoms with van der Waals surface area (Å²) in [5.74, 6) is 1.40. The van der Waals surface area contributed by atoms with Gasteiger partial charge in [-0.2, -0.15) is 5.11 Å². The first-order valence-corrected chi connectivity index (χ1v) is 10.6. The van der Waals surface area contributed by atoms with Gasteiger partial charge >= 0.3 is 0 Å². The molecular formula is C23H28N6O4. The zero-order chi connectivity index (χ0) is 23.4. The van der Waals surface area contributed by atoms with E-state index in [9.17, 15) is 4.79 Å². The second-order valence-electron chi connectivity index (χ2n) is 7.72. The van der Waals surface area contributed by atoms with Crippen molar-refractivity contribution in [3.05, 3.63) is 46.8 Å². The number of anilines is 1. The lowest BCUT2D eigenvalue weighted by atomic mass is 10.1. The van der Waals surface area contributed by atoms with Crippen molar-refractivity contribution >= 4 is 17.1 Å². The highest BCUT2D eigenvalue weighted by molar-refractivity contribution is 5.76. The number of hydrogen-bond donors (Lipinski definition) is 2. The van der Waals surface area contributed by atoms with Crippen LogP contribution in [0.5, 0.6) is 17.2 Å². The van der Waals surface area contributed by atoms with Crippen molar-refractivity contribution in [1.29, 1.82) is 0 Å². The summed E-state index contributed by atoms with van der Waals surface area (Å²) in [5.41, 5.74) is 2.70. The number of methoxy groups -OCH3 is 3. The van der Waals surface area contributed by atoms with Gasteiger partial charge in [-0.1, -0.05) is 0 Å². The van der Waals surface area contributed by atoms with Gasteiger partial charge in [-0.15, -0.1) is 5.11 Å². The highest BCUT2D eigenvalue weighted by Gasteiger charge is 2.19. The molecule has 33 heavy (non-hydrogen) atoms. The molecule has 3 aromatic rings. The molecule has 1 aromatic heterocycles. The minimum Gasteiger partial charge on any atom is -0.493 e. The summed E-state index contributed by atoms with van der Waals surface area (Å²) in [6.07, 6.45) is 0. The molecule has 0 spiro atoms. The summed E-state index contributed by atoms with van der Waals surface area (Å²) >= 11 is 0. The lowest BCUT2D eigenvalue weighted by Crippen LogP contribution is -2.44. The van der Waals surface area contributed by atoms with Gasteiger partial charge in [0, 0.05) is 37.4 Å². The first-order chi connectivity index (χ1) is 16.0. The molecule has 10 heteroatoms. The second kappa shape index (κ2) is 9.78. The molecule has 1 aliphatic rings. The molecule has 4 rings (SSSR count). The second-order valence-corrected chi connectivity index (χ2v) is 7.72. The number of azo groups is 1. The number of benzene rings is 2. The van der Waals surface area contributed by atoms with Crippen LogP contribution in [-0.4, -0.2) is 69.7 Å². The van der Waals surface area contributed by atoms with Crippen LogP contribution in [0.3, 0.4) is 0 Å². The van der Waals surface area contributed by atoms with E-state index in [0.29, 0.717) is 34.2 Å². The van der Waals surface area contributed by atoms with Gasteiger partial charge in [-0.25, -0.2) is 0 Å². The van der Waals surface area contributed by atoms with E-state index in [-0.39, 0.29) is 11.2 Å². The van der Waals surface area contributed by atoms with Crippen LogP contribution in [0, 0.1) is 0 Å². The topological polar surface area (TPSA) is 108 Å². The number of aromatic amines is 2. The SMILES string of the molecule is COc1cc(-c2[nH][nH]c(=O)c2N=Nc2ccc(N3CCN(C)CC3)cc2)cc(OC)c1OC. The fourth-order valence-corrected chi connectivity index (χ4v) is 3.78. The van der Waals surface area contributed by atoms with Gasteiger partial charge in [0.15, 0.2) is 17.2 Å². The minimum atomic E-state index is -0.378. The van der Waals surface area contributed by atoms with E-state index in [1.165, 1.54) is 21.3 Å². The Bertz CT molecular complexity index is 1150. The van der Waals surface area contributed by atoms with Gasteiger partial charge < -0.3 is 24.0 Å². The highest BCUT2D eigenvalue weighted by Crippen LogP contribution is 2.42. The smallest absolute Gasteiger partial charge is 0.292 e. The predicted molar refractivity (Wildman–Crippen MR) is 127 cm³/mol. The van der Waals surface area contributed by atoms with Crippen LogP contribution in [-0.2, 0) is 0 Å². The number of rotatable bonds is 7. The molecule has 2 heterocycles. The number of H-pyrrole nitrogens is 2. The van der Waals surface area contributed by atoms with Crippen LogP contribution >= 0.6 is 0 Å². The maximum atomic E-state index is 12.4. The van der Waals surface area contributed by atoms with E-state index >= 15 is 0 Å². The van der Waals surface area contributed by atoms with Crippen LogP contribution in [0.1, 0.15) is 0 Å². The average molecular weight is 453 g/mol. The van der Waals surface area contributed by atoms with Gasteiger partial charge in [-0.3, -0.25) is 15.0 Å². The van der Waals surface area contributed by atoms with Gasteiger partial charge in [0.05, 0.1) is 32.7 Å². The Morgan fingerprint density at radius 2 is 1.48 bits per heavy atom. The maximum absolute atomic E-state index is 12.4. The normalized spacial score (nSPS) is 14.6. The molecule has 1 fully saturated rings. The molecule has 174 valence electrons. The molecule has 1 saturated heterocycles. The Morgan fingerprint density at radius 1 is 0.848 bits per heavy atom. The largest absolute Gasteiger partial charge is 0.493 e. The van der Waals surface area contributed by atoms with Crippen molar-refractivity contribution < 1.29 is 14.2 Å². The van der Waals surface area contributed by atoms with Crippen molar-refractivity contribution in [3.63, 3.8) is 0 Å². The summed E-state index contributed by atoms with van der Waals surface area (Å²) in [4.78, 5) is 17.1.